The highest BCUT2D eigenvalue weighted by Crippen LogP contribution is 2.16. The lowest BCUT2D eigenvalue weighted by Crippen LogP contribution is -2.28. The predicted octanol–water partition coefficient (Wildman–Crippen LogP) is 1.69. The first-order valence-corrected chi connectivity index (χ1v) is 7.50. The van der Waals surface area contributed by atoms with Crippen molar-refractivity contribution in [2.24, 2.45) is 0 Å². The van der Waals surface area contributed by atoms with Crippen molar-refractivity contribution in [2.45, 2.75) is 26.1 Å². The number of ether oxygens (including phenoxy) is 1. The van der Waals surface area contributed by atoms with E-state index < -0.39 is 0 Å². The summed E-state index contributed by atoms with van der Waals surface area (Å²) in [5, 5.41) is 13.1. The molecule has 6 nitrogen and oxygen atoms in total. The standard InChI is InChI=1S/C16H19FN4O2.ClH/c1-23-9-11-6-10(2-3-13(11)17)7-19-16(22)15-12-8-18-5-4-14(12)20-21-15;/h2-3,6,18H,4-5,7-9H2,1H3,(H,19,22)(H,20,21);1H. The molecule has 1 aliphatic heterocycles. The summed E-state index contributed by atoms with van der Waals surface area (Å²) in [5.74, 6) is -0.543. The number of rotatable bonds is 5. The summed E-state index contributed by atoms with van der Waals surface area (Å²) in [5.41, 5.74) is 3.65. The van der Waals surface area contributed by atoms with Gasteiger partial charge in [0.25, 0.3) is 5.91 Å². The minimum atomic E-state index is -0.311. The number of carbonyl (C=O) groups excluding carboxylic acids is 1. The van der Waals surface area contributed by atoms with Gasteiger partial charge in [0.15, 0.2) is 5.69 Å². The minimum absolute atomic E-state index is 0. The molecule has 1 aliphatic rings. The van der Waals surface area contributed by atoms with Crippen LogP contribution in [0.5, 0.6) is 0 Å². The van der Waals surface area contributed by atoms with Gasteiger partial charge in [0.2, 0.25) is 0 Å². The molecular formula is C16H20ClFN4O2. The second-order valence-corrected chi connectivity index (χ2v) is 5.50. The molecule has 0 saturated heterocycles. The van der Waals surface area contributed by atoms with E-state index in [0.717, 1.165) is 29.8 Å². The van der Waals surface area contributed by atoms with E-state index in [-0.39, 0.29) is 30.7 Å². The van der Waals surface area contributed by atoms with Crippen LogP contribution < -0.4 is 10.6 Å². The van der Waals surface area contributed by atoms with Crippen LogP contribution in [0.1, 0.15) is 32.9 Å². The number of benzene rings is 1. The molecule has 0 radical (unpaired) electrons. The van der Waals surface area contributed by atoms with Crippen molar-refractivity contribution in [3.8, 4) is 0 Å². The average Bonchev–Trinajstić information content (AvgIpc) is 2.99. The number of hydrogen-bond acceptors (Lipinski definition) is 4. The molecule has 0 fully saturated rings. The smallest absolute Gasteiger partial charge is 0.272 e. The number of aromatic nitrogens is 2. The molecular weight excluding hydrogens is 335 g/mol. The van der Waals surface area contributed by atoms with E-state index in [0.29, 0.717) is 24.3 Å². The first-order valence-electron chi connectivity index (χ1n) is 7.50. The molecule has 0 saturated carbocycles. The minimum Gasteiger partial charge on any atom is -0.380 e. The van der Waals surface area contributed by atoms with Crippen molar-refractivity contribution in [3.63, 3.8) is 0 Å². The number of nitrogens with one attached hydrogen (secondary N) is 3. The fourth-order valence-corrected chi connectivity index (χ4v) is 2.68. The molecule has 24 heavy (non-hydrogen) atoms. The molecule has 8 heteroatoms. The second kappa shape index (κ2) is 8.23. The van der Waals surface area contributed by atoms with Gasteiger partial charge >= 0.3 is 0 Å². The number of H-pyrrole nitrogens is 1. The zero-order chi connectivity index (χ0) is 16.2. The van der Waals surface area contributed by atoms with Crippen LogP contribution in [-0.4, -0.2) is 29.8 Å². The molecule has 2 heterocycles. The van der Waals surface area contributed by atoms with Crippen LogP contribution in [0.2, 0.25) is 0 Å². The lowest BCUT2D eigenvalue weighted by molar-refractivity contribution is 0.0944. The number of aromatic amines is 1. The van der Waals surface area contributed by atoms with Crippen LogP contribution in [0.15, 0.2) is 18.2 Å². The van der Waals surface area contributed by atoms with Crippen molar-refractivity contribution in [1.29, 1.82) is 0 Å². The largest absolute Gasteiger partial charge is 0.380 e. The van der Waals surface area contributed by atoms with Gasteiger partial charge in [-0.25, -0.2) is 4.39 Å². The third-order valence-corrected chi connectivity index (χ3v) is 3.88. The van der Waals surface area contributed by atoms with Gasteiger partial charge < -0.3 is 15.4 Å². The lowest BCUT2D eigenvalue weighted by Gasteiger charge is -2.13. The molecule has 3 rings (SSSR count). The Bertz CT molecular complexity index is 720. The number of methoxy groups -OCH3 is 1. The van der Waals surface area contributed by atoms with Gasteiger partial charge in [0.1, 0.15) is 5.82 Å². The lowest BCUT2D eigenvalue weighted by atomic mass is 10.1. The highest BCUT2D eigenvalue weighted by atomic mass is 35.5. The Labute approximate surface area is 145 Å². The Morgan fingerprint density at radius 1 is 1.46 bits per heavy atom. The number of hydrogen-bond donors (Lipinski definition) is 3. The Morgan fingerprint density at radius 2 is 2.29 bits per heavy atom. The molecule has 130 valence electrons. The van der Waals surface area contributed by atoms with Crippen LogP contribution in [0.25, 0.3) is 0 Å². The van der Waals surface area contributed by atoms with E-state index in [1.807, 2.05) is 0 Å². The topological polar surface area (TPSA) is 79.0 Å². The maximum Gasteiger partial charge on any atom is 0.272 e. The zero-order valence-corrected chi connectivity index (χ0v) is 14.1. The molecule has 0 unspecified atom stereocenters. The van der Waals surface area contributed by atoms with Crippen molar-refractivity contribution in [2.75, 3.05) is 13.7 Å². The van der Waals surface area contributed by atoms with Crippen LogP contribution in [0.3, 0.4) is 0 Å². The highest BCUT2D eigenvalue weighted by Gasteiger charge is 2.21. The molecule has 0 bridgehead atoms. The van der Waals surface area contributed by atoms with Gasteiger partial charge in [-0.3, -0.25) is 9.89 Å². The summed E-state index contributed by atoms with van der Waals surface area (Å²) in [4.78, 5) is 12.3. The summed E-state index contributed by atoms with van der Waals surface area (Å²) >= 11 is 0. The van der Waals surface area contributed by atoms with E-state index in [4.69, 9.17) is 4.74 Å². The first kappa shape index (κ1) is 18.4. The molecule has 1 amide bonds. The van der Waals surface area contributed by atoms with Crippen LogP contribution in [0, 0.1) is 5.82 Å². The van der Waals surface area contributed by atoms with Gasteiger partial charge in [-0.15, -0.1) is 12.4 Å². The number of fused-ring (bicyclic) bond motifs is 1. The molecule has 0 spiro atoms. The highest BCUT2D eigenvalue weighted by molar-refractivity contribution is 5.94. The summed E-state index contributed by atoms with van der Waals surface area (Å²) in [7, 11) is 1.52. The summed E-state index contributed by atoms with van der Waals surface area (Å²) in [6.07, 6.45) is 0.841. The Balaban J connectivity index is 0.00000208. The van der Waals surface area contributed by atoms with Crippen molar-refractivity contribution in [3.05, 3.63) is 52.1 Å². The fraction of sp³-hybridized carbons (Fsp3) is 0.375. The van der Waals surface area contributed by atoms with Gasteiger partial charge in [-0.05, 0) is 17.7 Å². The number of amides is 1. The number of halogens is 2. The SMILES string of the molecule is COCc1cc(CNC(=O)c2n[nH]c3c2CNCC3)ccc1F.Cl. The van der Waals surface area contributed by atoms with E-state index in [1.54, 1.807) is 12.1 Å². The maximum atomic E-state index is 13.6. The monoisotopic (exact) mass is 354 g/mol. The van der Waals surface area contributed by atoms with Gasteiger partial charge in [0, 0.05) is 50.0 Å². The average molecular weight is 355 g/mol. The first-order chi connectivity index (χ1) is 11.2. The zero-order valence-electron chi connectivity index (χ0n) is 13.3. The summed E-state index contributed by atoms with van der Waals surface area (Å²) < 4.78 is 18.5. The Hall–Kier alpha value is -1.96. The Morgan fingerprint density at radius 3 is 3.08 bits per heavy atom. The van der Waals surface area contributed by atoms with E-state index >= 15 is 0 Å². The second-order valence-electron chi connectivity index (χ2n) is 5.50. The molecule has 0 aliphatic carbocycles. The molecule has 1 aromatic carbocycles. The third kappa shape index (κ3) is 3.92. The maximum absolute atomic E-state index is 13.6. The van der Waals surface area contributed by atoms with Crippen LogP contribution >= 0.6 is 12.4 Å². The summed E-state index contributed by atoms with van der Waals surface area (Å²) in [6, 6.07) is 4.73. The molecule has 2 aromatic rings. The summed E-state index contributed by atoms with van der Waals surface area (Å²) in [6.45, 7) is 2.04. The third-order valence-electron chi connectivity index (χ3n) is 3.88. The number of carbonyl (C=O) groups is 1. The van der Waals surface area contributed by atoms with Crippen molar-refractivity contribution >= 4 is 18.3 Å². The quantitative estimate of drug-likeness (QED) is 0.763. The molecule has 3 N–H and O–H groups in total. The van der Waals surface area contributed by atoms with Gasteiger partial charge in [-0.2, -0.15) is 5.10 Å². The number of nitrogens with zero attached hydrogens (tertiary/aromatic N) is 1. The van der Waals surface area contributed by atoms with Crippen LogP contribution in [-0.2, 0) is 30.9 Å². The fourth-order valence-electron chi connectivity index (χ4n) is 2.68. The van der Waals surface area contributed by atoms with E-state index in [2.05, 4.69) is 20.8 Å². The Kier molecular flexibility index (Phi) is 6.30. The predicted molar refractivity (Wildman–Crippen MR) is 89.5 cm³/mol. The van der Waals surface area contributed by atoms with Gasteiger partial charge in [0.05, 0.1) is 6.61 Å². The normalized spacial score (nSPS) is 13.1. The molecule has 1 aromatic heterocycles. The van der Waals surface area contributed by atoms with Crippen LogP contribution in [0.4, 0.5) is 4.39 Å². The van der Waals surface area contributed by atoms with Crippen molar-refractivity contribution in [1.82, 2.24) is 20.8 Å². The van der Waals surface area contributed by atoms with E-state index in [9.17, 15) is 9.18 Å². The van der Waals surface area contributed by atoms with Gasteiger partial charge in [-0.1, -0.05) is 6.07 Å². The van der Waals surface area contributed by atoms with E-state index in [1.165, 1.54) is 13.2 Å². The molecule has 0 atom stereocenters. The van der Waals surface area contributed by atoms with Crippen molar-refractivity contribution < 1.29 is 13.9 Å².